The van der Waals surface area contributed by atoms with Crippen LogP contribution >= 0.6 is 0 Å². The maximum absolute atomic E-state index is 3.36. The van der Waals surface area contributed by atoms with Gasteiger partial charge in [-0.1, -0.05) is 44.2 Å². The zero-order valence-electron chi connectivity index (χ0n) is 9.53. The van der Waals surface area contributed by atoms with Gasteiger partial charge in [0, 0.05) is 12.8 Å². The van der Waals surface area contributed by atoms with Crippen LogP contribution in [-0.2, 0) is 0 Å². The van der Waals surface area contributed by atoms with E-state index >= 15 is 0 Å². The number of para-hydroxylation sites is 1. The molecule has 0 atom stereocenters. The summed E-state index contributed by atoms with van der Waals surface area (Å²) in [6.45, 7) is 4.00. The van der Waals surface area contributed by atoms with E-state index in [9.17, 15) is 0 Å². The van der Waals surface area contributed by atoms with Gasteiger partial charge < -0.3 is 5.32 Å². The second kappa shape index (κ2) is 6.88. The van der Waals surface area contributed by atoms with Gasteiger partial charge in [0.25, 0.3) is 0 Å². The summed E-state index contributed by atoms with van der Waals surface area (Å²) in [7, 11) is 0. The summed E-state index contributed by atoms with van der Waals surface area (Å²) in [6.07, 6.45) is 8.88. The lowest BCUT2D eigenvalue weighted by Crippen LogP contribution is -1.98. The van der Waals surface area contributed by atoms with Gasteiger partial charge in [0.1, 0.15) is 0 Å². The zero-order chi connectivity index (χ0) is 10.9. The molecule has 2 rings (SSSR count). The Kier molecular flexibility index (Phi) is 5.31. The van der Waals surface area contributed by atoms with E-state index in [4.69, 9.17) is 0 Å². The van der Waals surface area contributed by atoms with Crippen LogP contribution in [0.4, 0.5) is 5.69 Å². The highest BCUT2D eigenvalue weighted by Gasteiger charge is 1.96. The molecule has 1 heteroatoms. The molecule has 0 amide bonds. The lowest BCUT2D eigenvalue weighted by atomic mass is 10.1. The van der Waals surface area contributed by atoms with Crippen LogP contribution in [0.3, 0.4) is 0 Å². The molecule has 0 spiro atoms. The third-order valence-corrected chi connectivity index (χ3v) is 2.06. The van der Waals surface area contributed by atoms with Crippen LogP contribution in [0, 0.1) is 0 Å². The smallest absolute Gasteiger partial charge is 0.0384 e. The van der Waals surface area contributed by atoms with Crippen molar-refractivity contribution in [1.29, 1.82) is 0 Å². The van der Waals surface area contributed by atoms with Gasteiger partial charge in [-0.25, -0.2) is 0 Å². The molecule has 0 unspecified atom stereocenters. The van der Waals surface area contributed by atoms with Gasteiger partial charge >= 0.3 is 0 Å². The van der Waals surface area contributed by atoms with Crippen molar-refractivity contribution in [3.05, 3.63) is 54.3 Å². The number of allylic oxidation sites excluding steroid dienone is 3. The molecule has 15 heavy (non-hydrogen) atoms. The highest BCUT2D eigenvalue weighted by Crippen LogP contribution is 2.14. The van der Waals surface area contributed by atoms with Crippen molar-refractivity contribution in [3.63, 3.8) is 0 Å². The molecule has 0 aromatic heterocycles. The first-order valence-corrected chi connectivity index (χ1v) is 5.64. The third kappa shape index (κ3) is 4.03. The Morgan fingerprint density at radius 1 is 1.07 bits per heavy atom. The van der Waals surface area contributed by atoms with Crippen LogP contribution in [-0.4, -0.2) is 0 Å². The predicted octanol–water partition coefficient (Wildman–Crippen LogP) is 4.60. The van der Waals surface area contributed by atoms with E-state index in [1.807, 2.05) is 32.0 Å². The molecule has 0 saturated heterocycles. The van der Waals surface area contributed by atoms with Crippen molar-refractivity contribution < 1.29 is 1.43 Å². The van der Waals surface area contributed by atoms with Crippen molar-refractivity contribution in [2.24, 2.45) is 0 Å². The molecular weight excluding hydrogens is 182 g/mol. The van der Waals surface area contributed by atoms with Crippen molar-refractivity contribution in [2.45, 2.75) is 26.7 Å². The Labute approximate surface area is 94.0 Å². The van der Waals surface area contributed by atoms with Gasteiger partial charge in [0.15, 0.2) is 0 Å². The van der Waals surface area contributed by atoms with Crippen molar-refractivity contribution >= 4 is 5.69 Å². The van der Waals surface area contributed by atoms with E-state index in [-0.39, 0.29) is 1.43 Å². The molecule has 82 valence electrons. The number of hydrogen-bond donors (Lipinski definition) is 1. The van der Waals surface area contributed by atoms with E-state index in [0.717, 1.165) is 12.1 Å². The second-order valence-electron chi connectivity index (χ2n) is 3.13. The number of anilines is 1. The summed E-state index contributed by atoms with van der Waals surface area (Å²) >= 11 is 0. The van der Waals surface area contributed by atoms with E-state index in [1.54, 1.807) is 0 Å². The minimum Gasteiger partial charge on any atom is -0.356 e. The summed E-state index contributed by atoms with van der Waals surface area (Å²) < 4.78 is 0. The SMILES string of the molecule is C1=CC(Nc2ccccc2)=CCC1.CC.[HH]. The topological polar surface area (TPSA) is 12.0 Å². The van der Waals surface area contributed by atoms with E-state index < -0.39 is 0 Å². The fourth-order valence-electron chi connectivity index (χ4n) is 1.39. The maximum Gasteiger partial charge on any atom is 0.0384 e. The Hall–Kier alpha value is -1.50. The van der Waals surface area contributed by atoms with Crippen LogP contribution in [0.5, 0.6) is 0 Å². The first-order chi connectivity index (χ1) is 7.45. The predicted molar refractivity (Wildman–Crippen MR) is 70.0 cm³/mol. The summed E-state index contributed by atoms with van der Waals surface area (Å²) in [4.78, 5) is 0. The minimum absolute atomic E-state index is 0. The Balaban J connectivity index is 0.000000711. The molecule has 0 fully saturated rings. The molecule has 1 nitrogen and oxygen atoms in total. The molecule has 1 N–H and O–H groups in total. The van der Waals surface area contributed by atoms with E-state index in [0.29, 0.717) is 0 Å². The Bertz CT molecular complexity index is 328. The summed E-state index contributed by atoms with van der Waals surface area (Å²) in [5.41, 5.74) is 2.36. The number of hydrogen-bond acceptors (Lipinski definition) is 1. The fourth-order valence-corrected chi connectivity index (χ4v) is 1.39. The van der Waals surface area contributed by atoms with Crippen molar-refractivity contribution in [1.82, 2.24) is 0 Å². The summed E-state index contributed by atoms with van der Waals surface area (Å²) in [5.74, 6) is 0. The lowest BCUT2D eigenvalue weighted by molar-refractivity contribution is 1.02. The Morgan fingerprint density at radius 3 is 2.40 bits per heavy atom. The molecule has 0 aliphatic heterocycles. The largest absolute Gasteiger partial charge is 0.356 e. The maximum atomic E-state index is 3.36. The first kappa shape index (κ1) is 11.6. The van der Waals surface area contributed by atoms with Gasteiger partial charge in [0.05, 0.1) is 0 Å². The third-order valence-electron chi connectivity index (χ3n) is 2.06. The first-order valence-electron chi connectivity index (χ1n) is 5.64. The van der Waals surface area contributed by atoms with Crippen LogP contribution in [0.15, 0.2) is 54.3 Å². The number of rotatable bonds is 2. The molecular formula is C14H21N. The molecule has 0 bridgehead atoms. The monoisotopic (exact) mass is 203 g/mol. The number of nitrogens with one attached hydrogen (secondary N) is 1. The second-order valence-corrected chi connectivity index (χ2v) is 3.13. The minimum atomic E-state index is 0. The zero-order valence-corrected chi connectivity index (χ0v) is 9.53. The normalized spacial score (nSPS) is 13.6. The van der Waals surface area contributed by atoms with E-state index in [2.05, 4.69) is 35.7 Å². The highest BCUT2D eigenvalue weighted by molar-refractivity contribution is 5.50. The average molecular weight is 203 g/mol. The van der Waals surface area contributed by atoms with Crippen LogP contribution in [0.1, 0.15) is 28.1 Å². The molecule has 1 aliphatic carbocycles. The standard InChI is InChI=1S/C12H13N.C2H6.H2/c1-3-7-11(8-4-1)13-12-9-5-2-6-10-12;1-2;/h1,3-5,7-10,13H,2,6H2;1-2H3;1H. The van der Waals surface area contributed by atoms with Crippen LogP contribution in [0.25, 0.3) is 0 Å². The number of benzene rings is 1. The van der Waals surface area contributed by atoms with E-state index in [1.165, 1.54) is 12.1 Å². The molecule has 1 aromatic carbocycles. The summed E-state index contributed by atoms with van der Waals surface area (Å²) in [5, 5.41) is 3.36. The molecule has 0 saturated carbocycles. The average Bonchev–Trinajstić information content (AvgIpc) is 2.34. The van der Waals surface area contributed by atoms with Crippen LogP contribution in [0.2, 0.25) is 0 Å². The van der Waals surface area contributed by atoms with Crippen molar-refractivity contribution in [3.8, 4) is 0 Å². The highest BCUT2D eigenvalue weighted by atomic mass is 14.9. The molecule has 0 heterocycles. The van der Waals surface area contributed by atoms with Crippen LogP contribution < -0.4 is 5.32 Å². The molecule has 1 aliphatic rings. The fraction of sp³-hybridized carbons (Fsp3) is 0.286. The molecule has 0 radical (unpaired) electrons. The quantitative estimate of drug-likeness (QED) is 0.740. The van der Waals surface area contributed by atoms with Crippen molar-refractivity contribution in [2.75, 3.05) is 5.32 Å². The Morgan fingerprint density at radius 2 is 1.80 bits per heavy atom. The lowest BCUT2D eigenvalue weighted by Gasteiger charge is -2.09. The molecule has 1 aromatic rings. The van der Waals surface area contributed by atoms with Gasteiger partial charge in [-0.15, -0.1) is 0 Å². The summed E-state index contributed by atoms with van der Waals surface area (Å²) in [6, 6.07) is 10.2. The van der Waals surface area contributed by atoms with Gasteiger partial charge in [-0.05, 0) is 31.1 Å². The van der Waals surface area contributed by atoms with Gasteiger partial charge in [-0.3, -0.25) is 0 Å². The van der Waals surface area contributed by atoms with Gasteiger partial charge in [-0.2, -0.15) is 0 Å². The van der Waals surface area contributed by atoms with Gasteiger partial charge in [0.2, 0.25) is 0 Å².